The molecule has 1 aliphatic heterocycles. The number of aromatic nitrogens is 1. The highest BCUT2D eigenvalue weighted by Crippen LogP contribution is 2.35. The summed E-state index contributed by atoms with van der Waals surface area (Å²) in [6.07, 6.45) is 4.95. The third-order valence-electron chi connectivity index (χ3n) is 5.81. The highest BCUT2D eigenvalue weighted by Gasteiger charge is 2.30. The number of anilines is 1. The van der Waals surface area contributed by atoms with Gasteiger partial charge in [0, 0.05) is 31.8 Å². The number of carbonyl (C=O) groups is 1. The zero-order valence-corrected chi connectivity index (χ0v) is 18.1. The molecule has 0 bridgehead atoms. The van der Waals surface area contributed by atoms with Crippen molar-refractivity contribution in [3.8, 4) is 11.3 Å². The SMILES string of the molecule is COCCN(Cc1c(-c2ccccc2)noc1N1CCCCC1C)C(=O)c1ccco1. The Labute approximate surface area is 182 Å². The number of nitrogens with zero attached hydrogens (tertiary/aromatic N) is 3. The average Bonchev–Trinajstić information content (AvgIpc) is 3.47. The van der Waals surface area contributed by atoms with Crippen molar-refractivity contribution < 1.29 is 18.5 Å². The largest absolute Gasteiger partial charge is 0.459 e. The van der Waals surface area contributed by atoms with E-state index in [1.54, 1.807) is 24.1 Å². The van der Waals surface area contributed by atoms with Crippen LogP contribution in [-0.4, -0.2) is 48.8 Å². The number of ether oxygens (including phenoxy) is 1. The van der Waals surface area contributed by atoms with Gasteiger partial charge in [0.1, 0.15) is 5.69 Å². The fourth-order valence-corrected chi connectivity index (χ4v) is 4.09. The third kappa shape index (κ3) is 4.66. The lowest BCUT2D eigenvalue weighted by Gasteiger charge is -2.34. The van der Waals surface area contributed by atoms with Crippen LogP contribution in [0.3, 0.4) is 0 Å². The maximum Gasteiger partial charge on any atom is 0.289 e. The number of hydrogen-bond acceptors (Lipinski definition) is 6. The normalized spacial score (nSPS) is 16.5. The second-order valence-corrected chi connectivity index (χ2v) is 7.92. The summed E-state index contributed by atoms with van der Waals surface area (Å²) in [5.41, 5.74) is 2.65. The Morgan fingerprint density at radius 3 is 2.77 bits per heavy atom. The highest BCUT2D eigenvalue weighted by atomic mass is 16.5. The number of methoxy groups -OCH3 is 1. The molecule has 0 spiro atoms. The molecule has 0 N–H and O–H groups in total. The molecule has 7 heteroatoms. The van der Waals surface area contributed by atoms with E-state index in [1.807, 2.05) is 30.3 Å². The monoisotopic (exact) mass is 423 g/mol. The molecule has 3 heterocycles. The fourth-order valence-electron chi connectivity index (χ4n) is 4.09. The van der Waals surface area contributed by atoms with E-state index in [9.17, 15) is 4.79 Å². The minimum atomic E-state index is -0.181. The Morgan fingerprint density at radius 1 is 1.23 bits per heavy atom. The average molecular weight is 424 g/mol. The fraction of sp³-hybridized carbons (Fsp3) is 0.417. The van der Waals surface area contributed by atoms with Gasteiger partial charge in [-0.05, 0) is 38.3 Å². The first-order valence-electron chi connectivity index (χ1n) is 10.8. The van der Waals surface area contributed by atoms with E-state index in [1.165, 1.54) is 12.7 Å². The molecule has 4 rings (SSSR count). The van der Waals surface area contributed by atoms with Crippen LogP contribution in [0.25, 0.3) is 11.3 Å². The van der Waals surface area contributed by atoms with Gasteiger partial charge in [-0.25, -0.2) is 0 Å². The van der Waals surface area contributed by atoms with E-state index in [0.717, 1.165) is 42.1 Å². The van der Waals surface area contributed by atoms with Gasteiger partial charge in [-0.3, -0.25) is 4.79 Å². The van der Waals surface area contributed by atoms with Crippen molar-refractivity contribution in [1.29, 1.82) is 0 Å². The first-order chi connectivity index (χ1) is 15.2. The Morgan fingerprint density at radius 2 is 2.06 bits per heavy atom. The third-order valence-corrected chi connectivity index (χ3v) is 5.81. The van der Waals surface area contributed by atoms with Crippen LogP contribution in [0.4, 0.5) is 5.88 Å². The number of furan rings is 1. The molecule has 7 nitrogen and oxygen atoms in total. The predicted molar refractivity (Wildman–Crippen MR) is 118 cm³/mol. The van der Waals surface area contributed by atoms with E-state index in [-0.39, 0.29) is 5.91 Å². The van der Waals surface area contributed by atoms with Gasteiger partial charge in [0.15, 0.2) is 5.76 Å². The molecule has 164 valence electrons. The van der Waals surface area contributed by atoms with Gasteiger partial charge in [-0.1, -0.05) is 35.5 Å². The molecule has 1 amide bonds. The Bertz CT molecular complexity index is 968. The molecule has 1 atom stereocenters. The summed E-state index contributed by atoms with van der Waals surface area (Å²) >= 11 is 0. The minimum Gasteiger partial charge on any atom is -0.459 e. The number of rotatable bonds is 8. The van der Waals surface area contributed by atoms with Crippen molar-refractivity contribution in [3.05, 3.63) is 60.1 Å². The van der Waals surface area contributed by atoms with Crippen LogP contribution in [-0.2, 0) is 11.3 Å². The van der Waals surface area contributed by atoms with Crippen molar-refractivity contribution in [1.82, 2.24) is 10.1 Å². The van der Waals surface area contributed by atoms with E-state index < -0.39 is 0 Å². The van der Waals surface area contributed by atoms with E-state index >= 15 is 0 Å². The Balaban J connectivity index is 1.72. The van der Waals surface area contributed by atoms with Crippen LogP contribution >= 0.6 is 0 Å². The summed E-state index contributed by atoms with van der Waals surface area (Å²) in [5.74, 6) is 0.877. The maximum absolute atomic E-state index is 13.1. The molecule has 2 aromatic heterocycles. The second-order valence-electron chi connectivity index (χ2n) is 7.92. The van der Waals surface area contributed by atoms with Crippen molar-refractivity contribution in [2.75, 3.05) is 31.7 Å². The molecular formula is C24H29N3O4. The molecular weight excluding hydrogens is 394 g/mol. The summed E-state index contributed by atoms with van der Waals surface area (Å²) < 4.78 is 16.6. The lowest BCUT2D eigenvalue weighted by atomic mass is 10.0. The lowest BCUT2D eigenvalue weighted by molar-refractivity contribution is 0.0649. The molecule has 1 fully saturated rings. The molecule has 1 aliphatic rings. The summed E-state index contributed by atoms with van der Waals surface area (Å²) in [5, 5.41) is 4.44. The Hall–Kier alpha value is -3.06. The molecule has 1 unspecified atom stereocenters. The molecule has 0 radical (unpaired) electrons. The van der Waals surface area contributed by atoms with Gasteiger partial charge in [-0.2, -0.15) is 0 Å². The predicted octanol–water partition coefficient (Wildman–Crippen LogP) is 4.60. The standard InChI is InChI=1S/C24H29N3O4/c1-18-9-6-7-13-27(18)24-20(22(25-31-24)19-10-4-3-5-11-19)17-26(14-16-29-2)23(28)21-12-8-15-30-21/h3-5,8,10-12,15,18H,6-7,9,13-14,16-17H2,1-2H3. The highest BCUT2D eigenvalue weighted by molar-refractivity contribution is 5.91. The number of amides is 1. The van der Waals surface area contributed by atoms with Crippen LogP contribution < -0.4 is 4.90 Å². The van der Waals surface area contributed by atoms with Crippen LogP contribution in [0.15, 0.2) is 57.7 Å². The lowest BCUT2D eigenvalue weighted by Crippen LogP contribution is -2.39. The zero-order valence-electron chi connectivity index (χ0n) is 18.1. The van der Waals surface area contributed by atoms with Crippen LogP contribution in [0.1, 0.15) is 42.3 Å². The van der Waals surface area contributed by atoms with Gasteiger partial charge in [0.05, 0.1) is 25.0 Å². The van der Waals surface area contributed by atoms with Gasteiger partial charge >= 0.3 is 0 Å². The van der Waals surface area contributed by atoms with Gasteiger partial charge < -0.3 is 23.5 Å². The summed E-state index contributed by atoms with van der Waals surface area (Å²) in [7, 11) is 1.63. The van der Waals surface area contributed by atoms with Gasteiger partial charge in [0.25, 0.3) is 5.91 Å². The molecule has 31 heavy (non-hydrogen) atoms. The Kier molecular flexibility index (Phi) is 6.72. The van der Waals surface area contributed by atoms with Crippen LogP contribution in [0.5, 0.6) is 0 Å². The van der Waals surface area contributed by atoms with E-state index in [0.29, 0.717) is 31.5 Å². The number of carbonyl (C=O) groups excluding carboxylic acids is 1. The van der Waals surface area contributed by atoms with Crippen LogP contribution in [0, 0.1) is 0 Å². The first kappa shape index (κ1) is 21.2. The molecule has 0 saturated carbocycles. The number of benzene rings is 1. The van der Waals surface area contributed by atoms with Crippen molar-refractivity contribution >= 4 is 11.8 Å². The van der Waals surface area contributed by atoms with Crippen molar-refractivity contribution in [2.45, 2.75) is 38.8 Å². The van der Waals surface area contributed by atoms with Crippen molar-refractivity contribution in [3.63, 3.8) is 0 Å². The molecule has 0 aliphatic carbocycles. The second kappa shape index (κ2) is 9.83. The smallest absolute Gasteiger partial charge is 0.289 e. The summed E-state index contributed by atoms with van der Waals surface area (Å²) in [6.45, 7) is 4.35. The summed E-state index contributed by atoms with van der Waals surface area (Å²) in [4.78, 5) is 17.2. The van der Waals surface area contributed by atoms with E-state index in [4.69, 9.17) is 13.7 Å². The first-order valence-corrected chi connectivity index (χ1v) is 10.8. The van der Waals surface area contributed by atoms with Gasteiger partial charge in [0.2, 0.25) is 5.88 Å². The van der Waals surface area contributed by atoms with Crippen molar-refractivity contribution in [2.24, 2.45) is 0 Å². The topological polar surface area (TPSA) is 72.0 Å². The van der Waals surface area contributed by atoms with Gasteiger partial charge in [-0.15, -0.1) is 0 Å². The number of piperidine rings is 1. The van der Waals surface area contributed by atoms with E-state index in [2.05, 4.69) is 17.0 Å². The van der Waals surface area contributed by atoms with Crippen LogP contribution in [0.2, 0.25) is 0 Å². The molecule has 1 aromatic carbocycles. The quantitative estimate of drug-likeness (QED) is 0.527. The molecule has 3 aromatic rings. The zero-order chi connectivity index (χ0) is 21.6. The number of hydrogen-bond donors (Lipinski definition) is 0. The molecule has 1 saturated heterocycles. The maximum atomic E-state index is 13.1. The minimum absolute atomic E-state index is 0.181. The summed E-state index contributed by atoms with van der Waals surface area (Å²) in [6, 6.07) is 13.7.